The third kappa shape index (κ3) is 10.1. The van der Waals surface area contributed by atoms with Crippen LogP contribution in [0.15, 0.2) is 30.3 Å². The molecule has 4 unspecified atom stereocenters. The Bertz CT molecular complexity index is 843. The molecular weight excluding hydrogens is 430 g/mol. The number of carbonyl (C=O) groups is 5. The zero-order valence-corrected chi connectivity index (χ0v) is 19.0. The van der Waals surface area contributed by atoms with Crippen molar-refractivity contribution >= 4 is 29.6 Å². The van der Waals surface area contributed by atoms with E-state index in [1.807, 2.05) is 13.8 Å². The molecule has 0 aliphatic carbocycles. The summed E-state index contributed by atoms with van der Waals surface area (Å²) in [6, 6.07) is 4.08. The van der Waals surface area contributed by atoms with E-state index in [0.29, 0.717) is 5.56 Å². The number of carboxylic acid groups (broad SMARTS) is 1. The fourth-order valence-corrected chi connectivity index (χ4v) is 3.01. The van der Waals surface area contributed by atoms with Crippen LogP contribution in [0.2, 0.25) is 0 Å². The Morgan fingerprint density at radius 3 is 1.85 bits per heavy atom. The van der Waals surface area contributed by atoms with Gasteiger partial charge in [-0.2, -0.15) is 0 Å². The first-order valence-corrected chi connectivity index (χ1v) is 10.6. The van der Waals surface area contributed by atoms with Gasteiger partial charge in [-0.15, -0.1) is 0 Å². The second-order valence-electron chi connectivity index (χ2n) is 8.30. The number of carbonyl (C=O) groups excluding carboxylic acids is 4. The molecule has 1 rings (SSSR count). The molecule has 0 radical (unpaired) electrons. The van der Waals surface area contributed by atoms with E-state index in [2.05, 4.69) is 16.0 Å². The van der Waals surface area contributed by atoms with E-state index in [4.69, 9.17) is 11.5 Å². The molecule has 0 saturated carbocycles. The molecule has 0 spiro atoms. The molecule has 4 atom stereocenters. The molecule has 0 saturated heterocycles. The molecule has 11 nitrogen and oxygen atoms in total. The van der Waals surface area contributed by atoms with Crippen molar-refractivity contribution in [3.8, 4) is 0 Å². The maximum absolute atomic E-state index is 12.8. The Labute approximate surface area is 192 Å². The van der Waals surface area contributed by atoms with Gasteiger partial charge < -0.3 is 32.5 Å². The Morgan fingerprint density at radius 1 is 0.848 bits per heavy atom. The van der Waals surface area contributed by atoms with Crippen LogP contribution in [-0.4, -0.2) is 58.9 Å². The number of aliphatic carboxylic acids is 1. The van der Waals surface area contributed by atoms with E-state index >= 15 is 0 Å². The zero-order chi connectivity index (χ0) is 25.1. The Balaban J connectivity index is 2.99. The van der Waals surface area contributed by atoms with Crippen LogP contribution in [0.5, 0.6) is 0 Å². The molecule has 0 heterocycles. The molecule has 0 aromatic heterocycles. The summed E-state index contributed by atoms with van der Waals surface area (Å²) in [5.41, 5.74) is 11.5. The molecule has 182 valence electrons. The summed E-state index contributed by atoms with van der Waals surface area (Å²) in [6.07, 6.45) is -0.300. The Hall–Kier alpha value is -3.47. The van der Waals surface area contributed by atoms with Gasteiger partial charge in [0.25, 0.3) is 0 Å². The van der Waals surface area contributed by atoms with Crippen molar-refractivity contribution in [2.24, 2.45) is 17.4 Å². The molecule has 0 fully saturated rings. The van der Waals surface area contributed by atoms with Crippen molar-refractivity contribution in [1.29, 1.82) is 0 Å². The predicted octanol–water partition coefficient (Wildman–Crippen LogP) is -0.963. The highest BCUT2D eigenvalue weighted by Crippen LogP contribution is 2.08. The summed E-state index contributed by atoms with van der Waals surface area (Å²) in [5, 5.41) is 16.8. The molecule has 0 bridgehead atoms. The summed E-state index contributed by atoms with van der Waals surface area (Å²) in [4.78, 5) is 60.8. The van der Waals surface area contributed by atoms with E-state index in [0.717, 1.165) is 0 Å². The maximum Gasteiger partial charge on any atom is 0.326 e. The second-order valence-corrected chi connectivity index (χ2v) is 8.30. The first-order chi connectivity index (χ1) is 15.4. The molecule has 0 aliphatic heterocycles. The van der Waals surface area contributed by atoms with Crippen LogP contribution >= 0.6 is 0 Å². The van der Waals surface area contributed by atoms with Gasteiger partial charge in [-0.25, -0.2) is 4.79 Å². The summed E-state index contributed by atoms with van der Waals surface area (Å²) >= 11 is 0. The minimum absolute atomic E-state index is 0.000425. The van der Waals surface area contributed by atoms with Gasteiger partial charge in [0.1, 0.15) is 18.1 Å². The lowest BCUT2D eigenvalue weighted by molar-refractivity contribution is -0.142. The summed E-state index contributed by atoms with van der Waals surface area (Å²) in [7, 11) is 0. The number of hydrogen-bond donors (Lipinski definition) is 6. The number of hydrogen-bond acceptors (Lipinski definition) is 6. The fourth-order valence-electron chi connectivity index (χ4n) is 3.01. The quantitative estimate of drug-likeness (QED) is 0.217. The van der Waals surface area contributed by atoms with Crippen LogP contribution < -0.4 is 27.4 Å². The molecule has 0 aliphatic rings. The second kappa shape index (κ2) is 13.2. The van der Waals surface area contributed by atoms with Crippen LogP contribution in [0.25, 0.3) is 0 Å². The molecule has 4 amide bonds. The number of carboxylic acids is 1. The van der Waals surface area contributed by atoms with Gasteiger partial charge in [0.15, 0.2) is 0 Å². The van der Waals surface area contributed by atoms with E-state index in [9.17, 15) is 29.1 Å². The number of amides is 4. The van der Waals surface area contributed by atoms with E-state index in [-0.39, 0.29) is 18.8 Å². The monoisotopic (exact) mass is 463 g/mol. The minimum Gasteiger partial charge on any atom is -0.480 e. The molecule has 33 heavy (non-hydrogen) atoms. The van der Waals surface area contributed by atoms with Crippen molar-refractivity contribution in [2.45, 2.75) is 64.2 Å². The van der Waals surface area contributed by atoms with Gasteiger partial charge >= 0.3 is 5.97 Å². The normalized spacial score (nSPS) is 14.5. The lowest BCUT2D eigenvalue weighted by atomic mass is 10.0. The molecule has 11 heteroatoms. The van der Waals surface area contributed by atoms with Crippen LogP contribution in [-0.2, 0) is 30.4 Å². The van der Waals surface area contributed by atoms with Gasteiger partial charge in [-0.05, 0) is 24.8 Å². The first kappa shape index (κ1) is 27.6. The smallest absolute Gasteiger partial charge is 0.326 e. The number of benzene rings is 1. The number of nitrogens with two attached hydrogens (primary N) is 2. The SMILES string of the molecule is CC(C)CC(NC(=O)C(C)N)C(=O)NC(CC(N)=O)C(=O)NC(Cc1ccccc1)C(=O)O. The van der Waals surface area contributed by atoms with Crippen LogP contribution in [0.4, 0.5) is 0 Å². The van der Waals surface area contributed by atoms with Gasteiger partial charge in [0.2, 0.25) is 23.6 Å². The van der Waals surface area contributed by atoms with Gasteiger partial charge in [-0.1, -0.05) is 44.2 Å². The minimum atomic E-state index is -1.42. The third-order valence-electron chi connectivity index (χ3n) is 4.69. The summed E-state index contributed by atoms with van der Waals surface area (Å²) < 4.78 is 0. The van der Waals surface area contributed by atoms with E-state index in [1.165, 1.54) is 6.92 Å². The lowest BCUT2D eigenvalue weighted by Gasteiger charge is -2.25. The number of rotatable bonds is 13. The summed E-state index contributed by atoms with van der Waals surface area (Å²) in [5.74, 6) is -4.29. The standard InChI is InChI=1S/C22H33N5O6/c1-12(2)9-15(25-19(29)13(3)23)20(30)26-16(11-18(24)28)21(31)27-17(22(32)33)10-14-7-5-4-6-8-14/h4-8,12-13,15-17H,9-11,23H2,1-3H3,(H2,24,28)(H,25,29)(H,26,30)(H,27,31)(H,32,33). The molecule has 1 aromatic carbocycles. The number of nitrogens with one attached hydrogen (secondary N) is 3. The Kier molecular flexibility index (Phi) is 11.0. The third-order valence-corrected chi connectivity index (χ3v) is 4.69. The van der Waals surface area contributed by atoms with Crippen molar-refractivity contribution in [2.75, 3.05) is 0 Å². The van der Waals surface area contributed by atoms with Crippen molar-refractivity contribution in [1.82, 2.24) is 16.0 Å². The zero-order valence-electron chi connectivity index (χ0n) is 19.0. The highest BCUT2D eigenvalue weighted by Gasteiger charge is 2.31. The largest absolute Gasteiger partial charge is 0.480 e. The van der Waals surface area contributed by atoms with Gasteiger partial charge in [0, 0.05) is 6.42 Å². The van der Waals surface area contributed by atoms with Crippen molar-refractivity contribution in [3.63, 3.8) is 0 Å². The predicted molar refractivity (Wildman–Crippen MR) is 120 cm³/mol. The highest BCUT2D eigenvalue weighted by molar-refractivity contribution is 5.96. The molecule has 8 N–H and O–H groups in total. The summed E-state index contributed by atoms with van der Waals surface area (Å²) in [6.45, 7) is 5.14. The van der Waals surface area contributed by atoms with Gasteiger partial charge in [0.05, 0.1) is 12.5 Å². The first-order valence-electron chi connectivity index (χ1n) is 10.6. The highest BCUT2D eigenvalue weighted by atomic mass is 16.4. The van der Waals surface area contributed by atoms with Crippen LogP contribution in [0.3, 0.4) is 0 Å². The average Bonchev–Trinajstić information content (AvgIpc) is 2.72. The van der Waals surface area contributed by atoms with Crippen molar-refractivity contribution in [3.05, 3.63) is 35.9 Å². The van der Waals surface area contributed by atoms with Crippen molar-refractivity contribution < 1.29 is 29.1 Å². The fraction of sp³-hybridized carbons (Fsp3) is 0.500. The lowest BCUT2D eigenvalue weighted by Crippen LogP contribution is -2.58. The van der Waals surface area contributed by atoms with Crippen LogP contribution in [0, 0.1) is 5.92 Å². The Morgan fingerprint density at radius 2 is 1.36 bits per heavy atom. The van der Waals surface area contributed by atoms with E-state index in [1.54, 1.807) is 30.3 Å². The van der Waals surface area contributed by atoms with Gasteiger partial charge in [-0.3, -0.25) is 19.2 Å². The van der Waals surface area contributed by atoms with Crippen LogP contribution in [0.1, 0.15) is 39.2 Å². The number of primary amides is 1. The van der Waals surface area contributed by atoms with E-state index < -0.39 is 60.2 Å². The topological polar surface area (TPSA) is 194 Å². The average molecular weight is 464 g/mol. The maximum atomic E-state index is 12.8. The molecular formula is C22H33N5O6. The molecule has 1 aromatic rings.